The smallest absolute Gasteiger partial charge is 0.255 e. The summed E-state index contributed by atoms with van der Waals surface area (Å²) in [5.41, 5.74) is 12.8. The van der Waals surface area contributed by atoms with Crippen molar-refractivity contribution in [3.05, 3.63) is 102 Å². The van der Waals surface area contributed by atoms with E-state index >= 15 is 0 Å². The second-order valence-electron chi connectivity index (χ2n) is 11.4. The molecule has 3 aliphatic rings. The third-order valence-corrected chi connectivity index (χ3v) is 8.18. The van der Waals surface area contributed by atoms with E-state index in [1.165, 1.54) is 6.07 Å². The number of nitrogens with zero attached hydrogens (tertiary/aromatic N) is 1. The minimum atomic E-state index is -0.976. The predicted molar refractivity (Wildman–Crippen MR) is 171 cm³/mol. The van der Waals surface area contributed by atoms with E-state index < -0.39 is 11.6 Å². The monoisotopic (exact) mass is 625 g/mol. The lowest BCUT2D eigenvalue weighted by Gasteiger charge is -2.19. The highest BCUT2D eigenvalue weighted by molar-refractivity contribution is 6.06. The third kappa shape index (κ3) is 6.50. The molecule has 10 nitrogen and oxygen atoms in total. The Kier molecular flexibility index (Phi) is 8.47. The normalized spacial score (nSPS) is 18.9. The van der Waals surface area contributed by atoms with Gasteiger partial charge in [-0.05, 0) is 91.7 Å². The number of hydrogen-bond donors (Lipinski definition) is 6. The van der Waals surface area contributed by atoms with Gasteiger partial charge in [0, 0.05) is 41.0 Å². The summed E-state index contributed by atoms with van der Waals surface area (Å²) in [5.74, 6) is -0.455. The number of amidine groups is 1. The zero-order valence-corrected chi connectivity index (χ0v) is 24.8. The van der Waals surface area contributed by atoms with Crippen LogP contribution in [0.5, 0.6) is 11.5 Å². The van der Waals surface area contributed by atoms with Crippen LogP contribution in [0.1, 0.15) is 28.8 Å². The van der Waals surface area contributed by atoms with Crippen LogP contribution in [0.3, 0.4) is 0 Å². The van der Waals surface area contributed by atoms with Crippen LogP contribution in [0.25, 0.3) is 22.3 Å². The molecule has 6 N–H and O–H groups in total. The first-order chi connectivity index (χ1) is 22.5. The predicted octanol–water partition coefficient (Wildman–Crippen LogP) is 4.31. The number of hydrazone groups is 1. The van der Waals surface area contributed by atoms with Gasteiger partial charge in [-0.2, -0.15) is 0 Å². The number of rotatable bonds is 9. The summed E-state index contributed by atoms with van der Waals surface area (Å²) in [6.07, 6.45) is 1.69. The van der Waals surface area contributed by atoms with Crippen LogP contribution >= 0.6 is 0 Å². The number of halogens is 2. The van der Waals surface area contributed by atoms with Gasteiger partial charge in [0.2, 0.25) is 0 Å². The van der Waals surface area contributed by atoms with Crippen LogP contribution in [-0.4, -0.2) is 50.1 Å². The van der Waals surface area contributed by atoms with Gasteiger partial charge in [0.25, 0.3) is 5.91 Å². The molecule has 0 bridgehead atoms. The molecule has 2 fully saturated rings. The van der Waals surface area contributed by atoms with Crippen LogP contribution < -0.4 is 41.9 Å². The summed E-state index contributed by atoms with van der Waals surface area (Å²) < 4.78 is 40.7. The Morgan fingerprint density at radius 2 is 1.46 bits per heavy atom. The molecular weight excluding hydrogens is 592 g/mol. The average molecular weight is 626 g/mol. The lowest BCUT2D eigenvalue weighted by molar-refractivity contribution is 0.102. The second kappa shape index (κ2) is 13.1. The van der Waals surface area contributed by atoms with Gasteiger partial charge in [0.15, 0.2) is 17.5 Å². The van der Waals surface area contributed by atoms with Gasteiger partial charge in [-0.25, -0.2) is 14.3 Å². The fourth-order valence-electron chi connectivity index (χ4n) is 5.79. The Morgan fingerprint density at radius 1 is 0.761 bits per heavy atom. The van der Waals surface area contributed by atoms with Gasteiger partial charge in [-0.1, -0.05) is 24.3 Å². The van der Waals surface area contributed by atoms with E-state index in [9.17, 15) is 13.6 Å². The molecule has 7 rings (SSSR count). The summed E-state index contributed by atoms with van der Waals surface area (Å²) in [6.45, 7) is 3.16. The highest BCUT2D eigenvalue weighted by Crippen LogP contribution is 2.36. The third-order valence-electron chi connectivity index (χ3n) is 8.18. The molecule has 2 saturated heterocycles. The molecule has 0 radical (unpaired) electrons. The highest BCUT2D eigenvalue weighted by Gasteiger charge is 2.22. The number of ether oxygens (including phenoxy) is 2. The van der Waals surface area contributed by atoms with Gasteiger partial charge in [0.05, 0.1) is 0 Å². The van der Waals surface area contributed by atoms with Crippen molar-refractivity contribution in [1.82, 2.24) is 27.1 Å². The maximum Gasteiger partial charge on any atom is 0.255 e. The quantitative estimate of drug-likeness (QED) is 0.163. The van der Waals surface area contributed by atoms with Crippen LogP contribution in [0, 0.1) is 11.6 Å². The molecule has 1 amide bonds. The molecule has 4 aromatic rings. The summed E-state index contributed by atoms with van der Waals surface area (Å²) in [6, 6.07) is 22.1. The molecule has 0 aromatic heterocycles. The summed E-state index contributed by atoms with van der Waals surface area (Å²) in [7, 11) is 0. The minimum absolute atomic E-state index is 0.0344. The van der Waals surface area contributed by atoms with Gasteiger partial charge in [0.1, 0.15) is 23.7 Å². The largest absolute Gasteiger partial charge is 0.488 e. The molecule has 3 heterocycles. The number of nitrogens with one attached hydrogen (secondary N) is 6. The SMILES string of the molecule is O=C(Nc1ccc(O[C@H]2CCNC2)c(-c2cccc(C3=NNNN3)c2)c1)c1ccc(O[C@H]2CCNC2)c(-c2ccc(F)c(F)c2)c1. The van der Waals surface area contributed by atoms with Crippen molar-refractivity contribution < 1.29 is 23.0 Å². The Morgan fingerprint density at radius 3 is 2.13 bits per heavy atom. The van der Waals surface area contributed by atoms with E-state index in [1.54, 1.807) is 24.3 Å². The van der Waals surface area contributed by atoms with Gasteiger partial charge in [-0.3, -0.25) is 10.2 Å². The van der Waals surface area contributed by atoms with Crippen molar-refractivity contribution in [2.75, 3.05) is 31.5 Å². The first-order valence-corrected chi connectivity index (χ1v) is 15.2. The molecule has 12 heteroatoms. The maximum absolute atomic E-state index is 14.3. The zero-order valence-electron chi connectivity index (χ0n) is 24.8. The number of hydrogen-bond acceptors (Lipinski definition) is 9. The average Bonchev–Trinajstić information content (AvgIpc) is 3.89. The van der Waals surface area contributed by atoms with Crippen molar-refractivity contribution in [3.63, 3.8) is 0 Å². The van der Waals surface area contributed by atoms with Crippen LogP contribution in [0.2, 0.25) is 0 Å². The minimum Gasteiger partial charge on any atom is -0.488 e. The Balaban J connectivity index is 1.20. The van der Waals surface area contributed by atoms with E-state index in [-0.39, 0.29) is 18.1 Å². The molecule has 0 saturated carbocycles. The molecule has 46 heavy (non-hydrogen) atoms. The fraction of sp³-hybridized carbons (Fsp3) is 0.235. The van der Waals surface area contributed by atoms with Crippen molar-refractivity contribution in [2.24, 2.45) is 5.10 Å². The summed E-state index contributed by atoms with van der Waals surface area (Å²) >= 11 is 0. The van der Waals surface area contributed by atoms with E-state index in [4.69, 9.17) is 9.47 Å². The number of benzene rings is 4. The van der Waals surface area contributed by atoms with Crippen molar-refractivity contribution in [2.45, 2.75) is 25.0 Å². The highest BCUT2D eigenvalue weighted by atomic mass is 19.2. The molecule has 236 valence electrons. The molecule has 0 aliphatic carbocycles. The van der Waals surface area contributed by atoms with Gasteiger partial charge in [-0.15, -0.1) is 10.6 Å². The molecule has 0 spiro atoms. The fourth-order valence-corrected chi connectivity index (χ4v) is 5.79. The van der Waals surface area contributed by atoms with Crippen LogP contribution in [-0.2, 0) is 0 Å². The Bertz CT molecular complexity index is 1790. The number of carbonyl (C=O) groups excluding carboxylic acids is 1. The van der Waals surface area contributed by atoms with Gasteiger partial charge < -0.3 is 25.4 Å². The first kappa shape index (κ1) is 29.7. The standard InChI is InChI=1S/C34H33F2N7O3/c35-29-7-4-21(16-30(29)36)27-15-23(5-8-31(27)45-25-10-12-37-18-25)34(44)39-24-6-9-32(46-26-11-13-38-19-26)28(17-24)20-2-1-3-22(14-20)33-40-42-43-41-33/h1-9,14-17,25-26,37-38,42-43H,10-13,18-19H2,(H,39,44)(H,40,41)/t25-,26-/m0/s1. The number of anilines is 1. The zero-order chi connectivity index (χ0) is 31.5. The van der Waals surface area contributed by atoms with Crippen molar-refractivity contribution in [3.8, 4) is 33.8 Å². The molecule has 4 aromatic carbocycles. The van der Waals surface area contributed by atoms with E-state index in [0.717, 1.165) is 61.3 Å². The Hall–Kier alpha value is -5.04. The van der Waals surface area contributed by atoms with E-state index in [0.29, 0.717) is 46.3 Å². The lowest BCUT2D eigenvalue weighted by atomic mass is 10.00. The molecule has 2 atom stereocenters. The number of hydrazine groups is 2. The molecular formula is C34H33F2N7O3. The van der Waals surface area contributed by atoms with Crippen LogP contribution in [0.15, 0.2) is 84.0 Å². The number of carbonyl (C=O) groups is 1. The maximum atomic E-state index is 14.3. The second-order valence-corrected chi connectivity index (χ2v) is 11.4. The molecule has 3 aliphatic heterocycles. The topological polar surface area (TPSA) is 120 Å². The number of amides is 1. The van der Waals surface area contributed by atoms with Gasteiger partial charge >= 0.3 is 0 Å². The lowest BCUT2D eigenvalue weighted by Crippen LogP contribution is -2.35. The van der Waals surface area contributed by atoms with Crippen molar-refractivity contribution in [1.29, 1.82) is 0 Å². The Labute approximate surface area is 264 Å². The first-order valence-electron chi connectivity index (χ1n) is 15.2. The summed E-state index contributed by atoms with van der Waals surface area (Å²) in [4.78, 5) is 13.6. The van der Waals surface area contributed by atoms with Crippen molar-refractivity contribution >= 4 is 17.4 Å². The van der Waals surface area contributed by atoms with Crippen LogP contribution in [0.4, 0.5) is 14.5 Å². The van der Waals surface area contributed by atoms with E-state index in [2.05, 4.69) is 37.5 Å². The molecule has 0 unspecified atom stereocenters. The van der Waals surface area contributed by atoms with E-state index in [1.807, 2.05) is 36.4 Å². The summed E-state index contributed by atoms with van der Waals surface area (Å²) in [5, 5.41) is 13.8.